The first-order valence-corrected chi connectivity index (χ1v) is 10.1. The minimum Gasteiger partial charge on any atom is -0.498 e. The van der Waals surface area contributed by atoms with Gasteiger partial charge in [0.25, 0.3) is 0 Å². The minimum absolute atomic E-state index is 0.403. The number of hydrogen-bond acceptors (Lipinski definition) is 3. The Morgan fingerprint density at radius 1 is 0.889 bits per heavy atom. The average Bonchev–Trinajstić information content (AvgIpc) is 2.69. The zero-order valence-corrected chi connectivity index (χ0v) is 15.9. The summed E-state index contributed by atoms with van der Waals surface area (Å²) in [6, 6.07) is 21.1. The number of benzene rings is 2. The highest BCUT2D eigenvalue weighted by atomic mass is 16.5. The predicted octanol–water partition coefficient (Wildman–Crippen LogP) is 4.79. The maximum absolute atomic E-state index is 6.08. The second-order valence-electron chi connectivity index (χ2n) is 7.71. The molecular weight excluding hydrogens is 334 g/mol. The smallest absolute Gasteiger partial charge is 0.0945 e. The molecule has 27 heavy (non-hydrogen) atoms. The first kappa shape index (κ1) is 18.3. The van der Waals surface area contributed by atoms with Gasteiger partial charge in [-0.25, -0.2) is 0 Å². The van der Waals surface area contributed by atoms with Crippen LogP contribution in [0, 0.1) is 5.92 Å². The fourth-order valence-corrected chi connectivity index (χ4v) is 3.77. The van der Waals surface area contributed by atoms with Crippen LogP contribution in [0.4, 0.5) is 0 Å². The van der Waals surface area contributed by atoms with Gasteiger partial charge in [0.05, 0.1) is 25.1 Å². The lowest BCUT2D eigenvalue weighted by Gasteiger charge is -2.35. The van der Waals surface area contributed by atoms with E-state index in [2.05, 4.69) is 65.6 Å². The summed E-state index contributed by atoms with van der Waals surface area (Å²) < 4.78 is 12.1. The number of nitrogens with zero attached hydrogens (tertiary/aromatic N) is 1. The summed E-state index contributed by atoms with van der Waals surface area (Å²) in [4.78, 5) is 2.47. The Morgan fingerprint density at radius 3 is 2.26 bits per heavy atom. The Bertz CT molecular complexity index is 723. The van der Waals surface area contributed by atoms with Crippen molar-refractivity contribution in [2.24, 2.45) is 5.92 Å². The van der Waals surface area contributed by atoms with Crippen LogP contribution in [0.15, 0.2) is 72.5 Å². The van der Waals surface area contributed by atoms with Crippen LogP contribution in [0.1, 0.15) is 30.4 Å². The lowest BCUT2D eigenvalue weighted by molar-refractivity contribution is -0.0577. The molecule has 0 amide bonds. The van der Waals surface area contributed by atoms with Crippen molar-refractivity contribution in [2.75, 3.05) is 19.7 Å². The molecule has 0 saturated heterocycles. The Morgan fingerprint density at radius 2 is 1.59 bits per heavy atom. The molecule has 4 rings (SSSR count). The van der Waals surface area contributed by atoms with E-state index in [9.17, 15) is 0 Å². The zero-order chi connectivity index (χ0) is 18.3. The van der Waals surface area contributed by atoms with Crippen molar-refractivity contribution in [3.63, 3.8) is 0 Å². The Labute approximate surface area is 162 Å². The summed E-state index contributed by atoms with van der Waals surface area (Å²) in [5, 5.41) is 0. The lowest BCUT2D eigenvalue weighted by atomic mass is 9.83. The van der Waals surface area contributed by atoms with E-state index in [4.69, 9.17) is 9.47 Å². The number of rotatable bonds is 8. The molecule has 0 bridgehead atoms. The predicted molar refractivity (Wildman–Crippen MR) is 108 cm³/mol. The highest BCUT2D eigenvalue weighted by molar-refractivity contribution is 5.15. The molecule has 0 radical (unpaired) electrons. The van der Waals surface area contributed by atoms with Crippen LogP contribution in [0.25, 0.3) is 0 Å². The van der Waals surface area contributed by atoms with E-state index in [1.165, 1.54) is 16.9 Å². The first-order chi connectivity index (χ1) is 13.3. The lowest BCUT2D eigenvalue weighted by Crippen LogP contribution is -2.34. The van der Waals surface area contributed by atoms with Crippen molar-refractivity contribution in [1.82, 2.24) is 4.90 Å². The largest absolute Gasteiger partial charge is 0.498 e. The maximum Gasteiger partial charge on any atom is 0.0945 e. The molecule has 0 N–H and O–H groups in total. The van der Waals surface area contributed by atoms with Crippen molar-refractivity contribution in [1.29, 1.82) is 0 Å². The molecule has 1 aliphatic carbocycles. The standard InChI is InChI=1S/C24H29NO2/c1-3-7-20(8-4-1)17-25-13-11-23(12-14-25)26-19-22-15-24(16-22)27-18-21-9-5-2-6-10-21/h1-11,22,24H,12-19H2. The van der Waals surface area contributed by atoms with Gasteiger partial charge in [0, 0.05) is 26.1 Å². The molecule has 142 valence electrons. The molecule has 1 heterocycles. The second-order valence-corrected chi connectivity index (χ2v) is 7.71. The molecule has 2 aromatic rings. The van der Waals surface area contributed by atoms with Gasteiger partial charge in [0.2, 0.25) is 0 Å². The van der Waals surface area contributed by atoms with Crippen LogP contribution < -0.4 is 0 Å². The summed E-state index contributed by atoms with van der Waals surface area (Å²) in [6.07, 6.45) is 5.93. The second kappa shape index (κ2) is 9.20. The summed E-state index contributed by atoms with van der Waals surface area (Å²) in [6.45, 7) is 4.65. The molecule has 0 unspecified atom stereocenters. The van der Waals surface area contributed by atoms with Crippen molar-refractivity contribution >= 4 is 0 Å². The molecule has 0 spiro atoms. The topological polar surface area (TPSA) is 21.7 Å². The van der Waals surface area contributed by atoms with E-state index in [1.54, 1.807) is 0 Å². The van der Waals surface area contributed by atoms with Gasteiger partial charge in [-0.05, 0) is 36.0 Å². The van der Waals surface area contributed by atoms with E-state index in [0.717, 1.165) is 52.1 Å². The quantitative estimate of drug-likeness (QED) is 0.673. The fraction of sp³-hybridized carbons (Fsp3) is 0.417. The van der Waals surface area contributed by atoms with Gasteiger partial charge in [0.15, 0.2) is 0 Å². The van der Waals surface area contributed by atoms with Gasteiger partial charge in [-0.1, -0.05) is 60.7 Å². The highest BCUT2D eigenvalue weighted by Crippen LogP contribution is 2.32. The molecular formula is C24H29NO2. The summed E-state index contributed by atoms with van der Waals surface area (Å²) in [5.41, 5.74) is 2.64. The molecule has 1 saturated carbocycles. The SMILES string of the molecule is C1=C(OCC2CC(OCc3ccccc3)C2)CCN(Cc2ccccc2)C1. The summed E-state index contributed by atoms with van der Waals surface area (Å²) >= 11 is 0. The number of hydrogen-bond donors (Lipinski definition) is 0. The Balaban J connectivity index is 1.11. The van der Waals surface area contributed by atoms with Crippen molar-refractivity contribution in [3.8, 4) is 0 Å². The van der Waals surface area contributed by atoms with Gasteiger partial charge < -0.3 is 9.47 Å². The minimum atomic E-state index is 0.403. The van der Waals surface area contributed by atoms with Crippen LogP contribution >= 0.6 is 0 Å². The average molecular weight is 364 g/mol. The van der Waals surface area contributed by atoms with E-state index >= 15 is 0 Å². The summed E-state index contributed by atoms with van der Waals surface area (Å²) in [5.74, 6) is 1.82. The third kappa shape index (κ3) is 5.44. The van der Waals surface area contributed by atoms with Gasteiger partial charge in [-0.2, -0.15) is 0 Å². The monoisotopic (exact) mass is 363 g/mol. The molecule has 2 aromatic carbocycles. The third-order valence-electron chi connectivity index (χ3n) is 5.53. The molecule has 2 aliphatic rings. The molecule has 1 fully saturated rings. The zero-order valence-electron chi connectivity index (χ0n) is 15.9. The molecule has 1 aliphatic heterocycles. The van der Waals surface area contributed by atoms with Gasteiger partial charge >= 0.3 is 0 Å². The Hall–Kier alpha value is -2.10. The normalized spacial score (nSPS) is 22.7. The number of ether oxygens (including phenoxy) is 2. The van der Waals surface area contributed by atoms with Crippen molar-refractivity contribution < 1.29 is 9.47 Å². The maximum atomic E-state index is 6.08. The van der Waals surface area contributed by atoms with Gasteiger partial charge in [-0.15, -0.1) is 0 Å². The highest BCUT2D eigenvalue weighted by Gasteiger charge is 2.30. The first-order valence-electron chi connectivity index (χ1n) is 10.1. The van der Waals surface area contributed by atoms with Crippen LogP contribution in [0.2, 0.25) is 0 Å². The van der Waals surface area contributed by atoms with E-state index in [1.807, 2.05) is 6.07 Å². The third-order valence-corrected chi connectivity index (χ3v) is 5.53. The van der Waals surface area contributed by atoms with E-state index in [0.29, 0.717) is 12.0 Å². The van der Waals surface area contributed by atoms with Crippen LogP contribution in [0.5, 0.6) is 0 Å². The van der Waals surface area contributed by atoms with Crippen LogP contribution in [-0.2, 0) is 22.6 Å². The van der Waals surface area contributed by atoms with Crippen LogP contribution in [0.3, 0.4) is 0 Å². The summed E-state index contributed by atoms with van der Waals surface area (Å²) in [7, 11) is 0. The molecule has 3 nitrogen and oxygen atoms in total. The fourth-order valence-electron chi connectivity index (χ4n) is 3.77. The van der Waals surface area contributed by atoms with Crippen molar-refractivity contribution in [2.45, 2.75) is 38.5 Å². The Kier molecular flexibility index (Phi) is 6.23. The molecule has 0 atom stereocenters. The van der Waals surface area contributed by atoms with Crippen molar-refractivity contribution in [3.05, 3.63) is 83.6 Å². The van der Waals surface area contributed by atoms with Crippen LogP contribution in [-0.4, -0.2) is 30.7 Å². The molecule has 3 heteroatoms. The van der Waals surface area contributed by atoms with Gasteiger partial charge in [0.1, 0.15) is 0 Å². The van der Waals surface area contributed by atoms with E-state index in [-0.39, 0.29) is 0 Å². The molecule has 0 aromatic heterocycles. The van der Waals surface area contributed by atoms with E-state index < -0.39 is 0 Å². The van der Waals surface area contributed by atoms with Gasteiger partial charge in [-0.3, -0.25) is 4.90 Å².